The number of nitrogens with two attached hydrogens (primary N) is 2. The zero-order valence-electron chi connectivity index (χ0n) is 13.8. The monoisotopic (exact) mass is 350 g/mol. The number of hydrogen-bond donors (Lipinski definition) is 5. The Morgan fingerprint density at radius 3 is 2.08 bits per heavy atom. The molecule has 3 amide bonds. The molecule has 0 saturated heterocycles. The summed E-state index contributed by atoms with van der Waals surface area (Å²) in [6.45, 7) is 1.46. The Hall–Kier alpha value is -2.94. The van der Waals surface area contributed by atoms with Crippen LogP contribution in [0, 0.1) is 0 Å². The lowest BCUT2D eigenvalue weighted by Crippen LogP contribution is -2.55. The summed E-state index contributed by atoms with van der Waals surface area (Å²) in [5.41, 5.74) is 11.2. The van der Waals surface area contributed by atoms with Crippen molar-refractivity contribution in [1.29, 1.82) is 0 Å². The third-order valence-electron chi connectivity index (χ3n) is 3.35. The van der Waals surface area contributed by atoms with Crippen LogP contribution in [0.2, 0.25) is 0 Å². The number of carbonyl (C=O) groups is 4. The summed E-state index contributed by atoms with van der Waals surface area (Å²) in [5, 5.41) is 13.8. The Labute approximate surface area is 144 Å². The second-order valence-corrected chi connectivity index (χ2v) is 5.61. The zero-order valence-corrected chi connectivity index (χ0v) is 13.8. The minimum absolute atomic E-state index is 0.133. The quantitative estimate of drug-likeness (QED) is 0.364. The zero-order chi connectivity index (χ0) is 19.0. The molecule has 1 rings (SSSR count). The molecule has 0 aliphatic heterocycles. The summed E-state index contributed by atoms with van der Waals surface area (Å²) in [4.78, 5) is 46.4. The van der Waals surface area contributed by atoms with Crippen molar-refractivity contribution in [2.75, 3.05) is 0 Å². The maximum atomic E-state index is 12.4. The summed E-state index contributed by atoms with van der Waals surface area (Å²) in [5.74, 6) is -3.57. The van der Waals surface area contributed by atoms with E-state index in [2.05, 4.69) is 10.6 Å². The summed E-state index contributed by atoms with van der Waals surface area (Å²) in [6.07, 6.45) is -0.422. The smallest absolute Gasteiger partial charge is 0.326 e. The number of carbonyl (C=O) groups excluding carboxylic acids is 3. The van der Waals surface area contributed by atoms with Gasteiger partial charge in [0.25, 0.3) is 0 Å². The van der Waals surface area contributed by atoms with Gasteiger partial charge in [0, 0.05) is 6.42 Å². The predicted molar refractivity (Wildman–Crippen MR) is 89.1 cm³/mol. The average molecular weight is 350 g/mol. The van der Waals surface area contributed by atoms with Gasteiger partial charge in [-0.15, -0.1) is 0 Å². The van der Waals surface area contributed by atoms with E-state index in [4.69, 9.17) is 16.6 Å². The molecule has 1 aromatic rings. The molecule has 0 spiro atoms. The predicted octanol–water partition coefficient (Wildman–Crippen LogP) is -1.49. The number of carboxylic acid groups (broad SMARTS) is 1. The van der Waals surface area contributed by atoms with Crippen molar-refractivity contribution >= 4 is 23.7 Å². The average Bonchev–Trinajstić information content (AvgIpc) is 2.53. The maximum Gasteiger partial charge on any atom is 0.326 e. The minimum Gasteiger partial charge on any atom is -0.480 e. The molecule has 0 fully saturated rings. The molecule has 25 heavy (non-hydrogen) atoms. The molecule has 0 aliphatic rings. The lowest BCUT2D eigenvalue weighted by atomic mass is 10.0. The van der Waals surface area contributed by atoms with Gasteiger partial charge in [-0.1, -0.05) is 30.3 Å². The molecule has 0 aliphatic carbocycles. The van der Waals surface area contributed by atoms with E-state index < -0.39 is 48.2 Å². The van der Waals surface area contributed by atoms with Gasteiger partial charge in [0.15, 0.2) is 0 Å². The first-order valence-electron chi connectivity index (χ1n) is 7.62. The molecule has 0 bridgehead atoms. The van der Waals surface area contributed by atoms with Crippen molar-refractivity contribution < 1.29 is 24.3 Å². The van der Waals surface area contributed by atoms with Gasteiger partial charge in [-0.05, 0) is 12.5 Å². The summed E-state index contributed by atoms with van der Waals surface area (Å²) >= 11 is 0. The van der Waals surface area contributed by atoms with Gasteiger partial charge in [0.05, 0.1) is 12.5 Å². The topological polar surface area (TPSA) is 165 Å². The van der Waals surface area contributed by atoms with Gasteiger partial charge in [-0.3, -0.25) is 14.4 Å². The fraction of sp³-hybridized carbons (Fsp3) is 0.375. The highest BCUT2D eigenvalue weighted by Crippen LogP contribution is 2.05. The van der Waals surface area contributed by atoms with Gasteiger partial charge in [-0.2, -0.15) is 0 Å². The summed E-state index contributed by atoms with van der Waals surface area (Å²) in [7, 11) is 0. The van der Waals surface area contributed by atoms with Crippen LogP contribution >= 0.6 is 0 Å². The van der Waals surface area contributed by atoms with E-state index in [1.54, 1.807) is 30.3 Å². The number of primary amides is 1. The molecule has 0 radical (unpaired) electrons. The standard InChI is InChI=1S/C16H22N4O5/c1-9(17)14(22)19-11(7-10-5-3-2-4-6-10)15(23)20-12(16(24)25)8-13(18)21/h2-6,9,11-12H,7-8,17H2,1H3,(H2,18,21)(H,19,22)(H,20,23)(H,24,25). The lowest BCUT2D eigenvalue weighted by Gasteiger charge is -2.22. The molecule has 3 unspecified atom stereocenters. The van der Waals surface area contributed by atoms with Crippen molar-refractivity contribution in [3.05, 3.63) is 35.9 Å². The molecule has 9 heteroatoms. The first-order valence-corrected chi connectivity index (χ1v) is 7.62. The summed E-state index contributed by atoms with van der Waals surface area (Å²) in [6, 6.07) is 5.49. The van der Waals surface area contributed by atoms with Crippen molar-refractivity contribution in [3.63, 3.8) is 0 Å². The number of amides is 3. The first kappa shape index (κ1) is 20.1. The molecule has 136 valence electrons. The Balaban J connectivity index is 2.92. The molecule has 0 heterocycles. The SMILES string of the molecule is CC(N)C(=O)NC(Cc1ccccc1)C(=O)NC(CC(N)=O)C(=O)O. The molecule has 0 aromatic heterocycles. The Bertz CT molecular complexity index is 633. The van der Waals surface area contributed by atoms with Gasteiger partial charge >= 0.3 is 5.97 Å². The van der Waals surface area contributed by atoms with Gasteiger partial charge < -0.3 is 27.2 Å². The second-order valence-electron chi connectivity index (χ2n) is 5.61. The Morgan fingerprint density at radius 2 is 1.60 bits per heavy atom. The molecular weight excluding hydrogens is 328 g/mol. The Kier molecular flexibility index (Phi) is 7.54. The second kappa shape index (κ2) is 9.38. The van der Waals surface area contributed by atoms with Crippen LogP contribution in [-0.2, 0) is 25.6 Å². The van der Waals surface area contributed by atoms with Crippen LogP contribution in [0.4, 0.5) is 0 Å². The van der Waals surface area contributed by atoms with Crippen molar-refractivity contribution in [2.24, 2.45) is 11.5 Å². The van der Waals surface area contributed by atoms with E-state index >= 15 is 0 Å². The maximum absolute atomic E-state index is 12.4. The van der Waals surface area contributed by atoms with Crippen molar-refractivity contribution in [2.45, 2.75) is 37.9 Å². The van der Waals surface area contributed by atoms with Crippen LogP contribution in [0.25, 0.3) is 0 Å². The number of benzene rings is 1. The van der Waals surface area contributed by atoms with E-state index in [0.29, 0.717) is 0 Å². The van der Waals surface area contributed by atoms with Gasteiger partial charge in [0.1, 0.15) is 12.1 Å². The molecule has 3 atom stereocenters. The third kappa shape index (κ3) is 7.00. The highest BCUT2D eigenvalue weighted by molar-refractivity contribution is 5.93. The van der Waals surface area contributed by atoms with Gasteiger partial charge in [-0.25, -0.2) is 4.79 Å². The largest absolute Gasteiger partial charge is 0.480 e. The van der Waals surface area contributed by atoms with E-state index in [0.717, 1.165) is 5.56 Å². The highest BCUT2D eigenvalue weighted by atomic mass is 16.4. The molecule has 1 aromatic carbocycles. The summed E-state index contributed by atoms with van der Waals surface area (Å²) < 4.78 is 0. The van der Waals surface area contributed by atoms with E-state index in [9.17, 15) is 19.2 Å². The normalized spacial score (nSPS) is 14.0. The molecular formula is C16H22N4O5. The van der Waals surface area contributed by atoms with E-state index in [1.807, 2.05) is 0 Å². The van der Waals surface area contributed by atoms with Crippen LogP contribution in [0.1, 0.15) is 18.9 Å². The number of hydrogen-bond acceptors (Lipinski definition) is 5. The Morgan fingerprint density at radius 1 is 1.04 bits per heavy atom. The number of rotatable bonds is 9. The molecule has 0 saturated carbocycles. The van der Waals surface area contributed by atoms with Crippen LogP contribution < -0.4 is 22.1 Å². The van der Waals surface area contributed by atoms with Crippen LogP contribution in [-0.4, -0.2) is 46.9 Å². The fourth-order valence-electron chi connectivity index (χ4n) is 2.04. The lowest BCUT2D eigenvalue weighted by molar-refractivity contribution is -0.143. The first-order chi connectivity index (χ1) is 11.7. The third-order valence-corrected chi connectivity index (χ3v) is 3.35. The number of aliphatic carboxylic acids is 1. The van der Waals surface area contributed by atoms with Crippen molar-refractivity contribution in [3.8, 4) is 0 Å². The van der Waals surface area contributed by atoms with E-state index in [1.165, 1.54) is 6.92 Å². The van der Waals surface area contributed by atoms with Crippen LogP contribution in [0.3, 0.4) is 0 Å². The van der Waals surface area contributed by atoms with Gasteiger partial charge in [0.2, 0.25) is 17.7 Å². The van der Waals surface area contributed by atoms with Crippen LogP contribution in [0.5, 0.6) is 0 Å². The minimum atomic E-state index is -1.48. The molecule has 9 nitrogen and oxygen atoms in total. The fourth-order valence-corrected chi connectivity index (χ4v) is 2.04. The number of carboxylic acids is 1. The molecule has 7 N–H and O–H groups in total. The number of nitrogens with one attached hydrogen (secondary N) is 2. The van der Waals surface area contributed by atoms with Crippen LogP contribution in [0.15, 0.2) is 30.3 Å². The van der Waals surface area contributed by atoms with E-state index in [-0.39, 0.29) is 6.42 Å². The highest BCUT2D eigenvalue weighted by Gasteiger charge is 2.28. The van der Waals surface area contributed by atoms with Crippen molar-refractivity contribution in [1.82, 2.24) is 10.6 Å².